The summed E-state index contributed by atoms with van der Waals surface area (Å²) < 4.78 is 10.5. The minimum absolute atomic E-state index is 0.284. The quantitative estimate of drug-likeness (QED) is 0.480. The maximum atomic E-state index is 6.03. The predicted octanol–water partition coefficient (Wildman–Crippen LogP) is 0.232. The molecule has 0 saturated carbocycles. The first kappa shape index (κ1) is 10.4. The SMILES string of the molecule is COC1NC(N)(OC)c2ccc(N)cc21. The maximum absolute atomic E-state index is 6.03. The summed E-state index contributed by atoms with van der Waals surface area (Å²) >= 11 is 0. The molecular formula is C10H15N3O2. The summed E-state index contributed by atoms with van der Waals surface area (Å²) in [6.45, 7) is 0. The molecule has 1 aromatic rings. The molecule has 0 amide bonds. The smallest absolute Gasteiger partial charge is 0.201 e. The Kier molecular flexibility index (Phi) is 2.40. The number of ether oxygens (including phenoxy) is 2. The third-order valence-electron chi connectivity index (χ3n) is 2.66. The summed E-state index contributed by atoms with van der Waals surface area (Å²) in [6, 6.07) is 5.48. The third-order valence-corrected chi connectivity index (χ3v) is 2.66. The van der Waals surface area contributed by atoms with Crippen molar-refractivity contribution in [3.63, 3.8) is 0 Å². The highest BCUT2D eigenvalue weighted by molar-refractivity contribution is 5.49. The standard InChI is InChI=1S/C10H15N3O2/c1-14-9-7-5-6(11)3-4-8(7)10(12,13-9)15-2/h3-5,9,13H,11-12H2,1-2H3. The molecule has 2 atom stereocenters. The molecule has 1 aliphatic rings. The molecule has 0 bridgehead atoms. The van der Waals surface area contributed by atoms with Crippen LogP contribution < -0.4 is 16.8 Å². The van der Waals surface area contributed by atoms with Crippen molar-refractivity contribution in [2.24, 2.45) is 5.73 Å². The number of benzene rings is 1. The van der Waals surface area contributed by atoms with Crippen LogP contribution in [0.1, 0.15) is 17.4 Å². The first-order valence-corrected chi connectivity index (χ1v) is 4.65. The third kappa shape index (κ3) is 1.49. The van der Waals surface area contributed by atoms with E-state index in [0.29, 0.717) is 5.69 Å². The van der Waals surface area contributed by atoms with Gasteiger partial charge in [-0.05, 0) is 12.1 Å². The predicted molar refractivity (Wildman–Crippen MR) is 56.6 cm³/mol. The largest absolute Gasteiger partial charge is 0.399 e. The number of anilines is 1. The van der Waals surface area contributed by atoms with Crippen LogP contribution in [0.3, 0.4) is 0 Å². The molecule has 5 nitrogen and oxygen atoms in total. The number of nitrogen functional groups attached to an aromatic ring is 1. The number of nitrogens with two attached hydrogens (primary N) is 2. The van der Waals surface area contributed by atoms with E-state index in [1.165, 1.54) is 0 Å². The lowest BCUT2D eigenvalue weighted by atomic mass is 10.1. The number of rotatable bonds is 2. The Balaban J connectivity index is 2.52. The molecule has 2 unspecified atom stereocenters. The second-order valence-electron chi connectivity index (χ2n) is 3.55. The van der Waals surface area contributed by atoms with Gasteiger partial charge in [0.05, 0.1) is 0 Å². The lowest BCUT2D eigenvalue weighted by Gasteiger charge is -2.24. The van der Waals surface area contributed by atoms with Gasteiger partial charge in [0.2, 0.25) is 5.85 Å². The van der Waals surface area contributed by atoms with E-state index >= 15 is 0 Å². The Morgan fingerprint density at radius 2 is 2.13 bits per heavy atom. The fraction of sp³-hybridized carbons (Fsp3) is 0.400. The van der Waals surface area contributed by atoms with Crippen LogP contribution in [0.4, 0.5) is 5.69 Å². The molecule has 0 radical (unpaired) electrons. The highest BCUT2D eigenvalue weighted by atomic mass is 16.5. The van der Waals surface area contributed by atoms with Crippen LogP contribution in [-0.4, -0.2) is 14.2 Å². The molecule has 1 aromatic carbocycles. The molecule has 0 saturated heterocycles. The zero-order chi connectivity index (χ0) is 11.1. The summed E-state index contributed by atoms with van der Waals surface area (Å²) in [5.74, 6) is -0.996. The average molecular weight is 209 g/mol. The number of nitrogens with one attached hydrogen (secondary N) is 1. The summed E-state index contributed by atoms with van der Waals surface area (Å²) in [5.41, 5.74) is 14.2. The van der Waals surface area contributed by atoms with Crippen LogP contribution >= 0.6 is 0 Å². The summed E-state index contributed by atoms with van der Waals surface area (Å²) in [4.78, 5) is 0. The van der Waals surface area contributed by atoms with Crippen LogP contribution in [0.25, 0.3) is 0 Å². The van der Waals surface area contributed by atoms with E-state index in [-0.39, 0.29) is 6.23 Å². The van der Waals surface area contributed by atoms with Crippen LogP contribution in [0.5, 0.6) is 0 Å². The Hall–Kier alpha value is -1.14. The van der Waals surface area contributed by atoms with Crippen molar-refractivity contribution in [2.75, 3.05) is 20.0 Å². The van der Waals surface area contributed by atoms with Gasteiger partial charge in [-0.25, -0.2) is 5.32 Å². The van der Waals surface area contributed by atoms with E-state index in [4.69, 9.17) is 20.9 Å². The zero-order valence-corrected chi connectivity index (χ0v) is 8.78. The van der Waals surface area contributed by atoms with Crippen molar-refractivity contribution in [2.45, 2.75) is 12.1 Å². The number of hydrogen-bond acceptors (Lipinski definition) is 5. The van der Waals surface area contributed by atoms with Gasteiger partial charge in [-0.1, -0.05) is 6.07 Å². The van der Waals surface area contributed by atoms with Crippen LogP contribution in [0.15, 0.2) is 18.2 Å². The monoisotopic (exact) mass is 209 g/mol. The molecule has 5 N–H and O–H groups in total. The molecule has 0 aromatic heterocycles. The van der Waals surface area contributed by atoms with Crippen molar-refractivity contribution >= 4 is 5.69 Å². The summed E-state index contributed by atoms with van der Waals surface area (Å²) in [6.07, 6.45) is -0.284. The van der Waals surface area contributed by atoms with E-state index in [1.54, 1.807) is 20.3 Å². The van der Waals surface area contributed by atoms with E-state index in [1.807, 2.05) is 12.1 Å². The lowest BCUT2D eigenvalue weighted by Crippen LogP contribution is -2.48. The maximum Gasteiger partial charge on any atom is 0.201 e. The Morgan fingerprint density at radius 1 is 1.40 bits per heavy atom. The van der Waals surface area contributed by atoms with Crippen LogP contribution in [0.2, 0.25) is 0 Å². The van der Waals surface area contributed by atoms with Crippen LogP contribution in [0, 0.1) is 0 Å². The lowest BCUT2D eigenvalue weighted by molar-refractivity contribution is -0.0699. The fourth-order valence-corrected chi connectivity index (χ4v) is 1.84. The van der Waals surface area contributed by atoms with Gasteiger partial charge >= 0.3 is 0 Å². The highest BCUT2D eigenvalue weighted by Gasteiger charge is 2.40. The molecule has 0 spiro atoms. The molecule has 82 valence electrons. The van der Waals surface area contributed by atoms with Gasteiger partial charge in [0.15, 0.2) is 0 Å². The number of methoxy groups -OCH3 is 2. The second-order valence-corrected chi connectivity index (χ2v) is 3.55. The zero-order valence-electron chi connectivity index (χ0n) is 8.78. The Morgan fingerprint density at radius 3 is 2.73 bits per heavy atom. The molecule has 1 heterocycles. The summed E-state index contributed by atoms with van der Waals surface area (Å²) in [7, 11) is 3.15. The second kappa shape index (κ2) is 3.46. The Bertz CT molecular complexity index is 383. The van der Waals surface area contributed by atoms with Crippen LogP contribution in [-0.2, 0) is 15.3 Å². The van der Waals surface area contributed by atoms with E-state index < -0.39 is 5.85 Å². The van der Waals surface area contributed by atoms with Gasteiger partial charge in [-0.3, -0.25) is 5.73 Å². The molecule has 1 aliphatic heterocycles. The molecule has 0 aliphatic carbocycles. The fourth-order valence-electron chi connectivity index (χ4n) is 1.84. The van der Waals surface area contributed by atoms with Crippen molar-refractivity contribution < 1.29 is 9.47 Å². The highest BCUT2D eigenvalue weighted by Crippen LogP contribution is 2.36. The molecule has 5 heteroatoms. The van der Waals surface area contributed by atoms with E-state index in [9.17, 15) is 0 Å². The van der Waals surface area contributed by atoms with Crippen molar-refractivity contribution in [3.05, 3.63) is 29.3 Å². The number of hydrogen-bond donors (Lipinski definition) is 3. The van der Waals surface area contributed by atoms with Crippen molar-refractivity contribution in [1.82, 2.24) is 5.32 Å². The van der Waals surface area contributed by atoms with Crippen molar-refractivity contribution in [3.8, 4) is 0 Å². The van der Waals surface area contributed by atoms with E-state index in [2.05, 4.69) is 5.32 Å². The average Bonchev–Trinajstić information content (AvgIpc) is 2.52. The van der Waals surface area contributed by atoms with Gasteiger partial charge in [-0.15, -0.1) is 0 Å². The normalized spacial score (nSPS) is 29.1. The number of fused-ring (bicyclic) bond motifs is 1. The molecular weight excluding hydrogens is 194 g/mol. The van der Waals surface area contributed by atoms with Gasteiger partial charge < -0.3 is 15.2 Å². The van der Waals surface area contributed by atoms with Gasteiger partial charge in [0.25, 0.3) is 0 Å². The molecule has 0 fully saturated rings. The first-order chi connectivity index (χ1) is 7.10. The van der Waals surface area contributed by atoms with Gasteiger partial charge in [0.1, 0.15) is 6.23 Å². The van der Waals surface area contributed by atoms with Gasteiger partial charge in [0, 0.05) is 31.0 Å². The molecule has 2 rings (SSSR count). The molecule has 15 heavy (non-hydrogen) atoms. The van der Waals surface area contributed by atoms with Gasteiger partial charge in [-0.2, -0.15) is 0 Å². The minimum Gasteiger partial charge on any atom is -0.399 e. The minimum atomic E-state index is -0.996. The Labute approximate surface area is 88.3 Å². The summed E-state index contributed by atoms with van der Waals surface area (Å²) in [5, 5.41) is 3.04. The van der Waals surface area contributed by atoms with E-state index in [0.717, 1.165) is 11.1 Å². The topological polar surface area (TPSA) is 82.5 Å². The van der Waals surface area contributed by atoms with Crippen molar-refractivity contribution in [1.29, 1.82) is 0 Å². The first-order valence-electron chi connectivity index (χ1n) is 4.65.